The van der Waals surface area contributed by atoms with Gasteiger partial charge in [-0.3, -0.25) is 0 Å². The van der Waals surface area contributed by atoms with Crippen molar-refractivity contribution in [3.63, 3.8) is 0 Å². The molecule has 0 amide bonds. The first-order valence-corrected chi connectivity index (χ1v) is 8.56. The van der Waals surface area contributed by atoms with Crippen LogP contribution >= 0.6 is 11.6 Å². The lowest BCUT2D eigenvalue weighted by Gasteiger charge is -2.37. The molecule has 1 aliphatic rings. The standard InChI is InChI=1S/C19H19ClN4/c1-14-6-7-17-15(12-14)19(22-13-21-17)24-10-8-23(9-11-24)18-5-3-2-4-16(18)20/h2-7,12-13H,8-11H2,1H3. The van der Waals surface area contributed by atoms with E-state index in [2.05, 4.69) is 51.0 Å². The Hall–Kier alpha value is -2.33. The van der Waals surface area contributed by atoms with Crippen LogP contribution in [0.15, 0.2) is 48.8 Å². The Morgan fingerprint density at radius 2 is 1.67 bits per heavy atom. The molecule has 1 fully saturated rings. The molecule has 122 valence electrons. The van der Waals surface area contributed by atoms with E-state index in [4.69, 9.17) is 11.6 Å². The van der Waals surface area contributed by atoms with E-state index in [1.54, 1.807) is 6.33 Å². The van der Waals surface area contributed by atoms with E-state index in [0.29, 0.717) is 0 Å². The third-order valence-corrected chi connectivity index (χ3v) is 4.86. The molecule has 1 saturated heterocycles. The van der Waals surface area contributed by atoms with Gasteiger partial charge in [-0.25, -0.2) is 9.97 Å². The third kappa shape index (κ3) is 2.78. The maximum absolute atomic E-state index is 6.33. The fraction of sp³-hybridized carbons (Fsp3) is 0.263. The normalized spacial score (nSPS) is 15.1. The Morgan fingerprint density at radius 1 is 0.917 bits per heavy atom. The summed E-state index contributed by atoms with van der Waals surface area (Å²) in [5.74, 6) is 1.03. The lowest BCUT2D eigenvalue weighted by atomic mass is 10.1. The molecule has 0 atom stereocenters. The summed E-state index contributed by atoms with van der Waals surface area (Å²) in [4.78, 5) is 13.6. The van der Waals surface area contributed by atoms with E-state index in [-0.39, 0.29) is 0 Å². The summed E-state index contributed by atoms with van der Waals surface area (Å²) in [5, 5.41) is 1.94. The second-order valence-electron chi connectivity index (χ2n) is 6.14. The van der Waals surface area contributed by atoms with Gasteiger partial charge in [0.2, 0.25) is 0 Å². The highest BCUT2D eigenvalue weighted by Gasteiger charge is 2.21. The maximum Gasteiger partial charge on any atom is 0.140 e. The van der Waals surface area contributed by atoms with Crippen LogP contribution in [0.2, 0.25) is 5.02 Å². The lowest BCUT2D eigenvalue weighted by Crippen LogP contribution is -2.47. The molecular formula is C19H19ClN4. The number of aromatic nitrogens is 2. The molecule has 24 heavy (non-hydrogen) atoms. The Balaban J connectivity index is 1.58. The van der Waals surface area contributed by atoms with Crippen LogP contribution in [-0.4, -0.2) is 36.1 Å². The van der Waals surface area contributed by atoms with E-state index >= 15 is 0 Å². The SMILES string of the molecule is Cc1ccc2ncnc(N3CCN(c4ccccc4Cl)CC3)c2c1. The van der Waals surface area contributed by atoms with Gasteiger partial charge in [0.25, 0.3) is 0 Å². The molecule has 0 unspecified atom stereocenters. The Labute approximate surface area is 146 Å². The number of anilines is 2. The predicted molar refractivity (Wildman–Crippen MR) is 100 cm³/mol. The Morgan fingerprint density at radius 3 is 2.46 bits per heavy atom. The van der Waals surface area contributed by atoms with Crippen molar-refractivity contribution in [3.05, 3.63) is 59.4 Å². The van der Waals surface area contributed by atoms with Crippen LogP contribution in [-0.2, 0) is 0 Å². The van der Waals surface area contributed by atoms with Crippen molar-refractivity contribution in [1.82, 2.24) is 9.97 Å². The number of nitrogens with zero attached hydrogens (tertiary/aromatic N) is 4. The van der Waals surface area contributed by atoms with Crippen LogP contribution < -0.4 is 9.80 Å². The summed E-state index contributed by atoms with van der Waals surface area (Å²) in [6.45, 7) is 5.81. The van der Waals surface area contributed by atoms with Crippen molar-refractivity contribution in [3.8, 4) is 0 Å². The lowest BCUT2D eigenvalue weighted by molar-refractivity contribution is 0.649. The average Bonchev–Trinajstić information content (AvgIpc) is 2.62. The smallest absolute Gasteiger partial charge is 0.140 e. The molecule has 2 aromatic carbocycles. The van der Waals surface area contributed by atoms with Gasteiger partial charge in [0.15, 0.2) is 0 Å². The van der Waals surface area contributed by atoms with Gasteiger partial charge in [-0.05, 0) is 31.2 Å². The van der Waals surface area contributed by atoms with Gasteiger partial charge in [-0.15, -0.1) is 0 Å². The van der Waals surface area contributed by atoms with Gasteiger partial charge in [-0.1, -0.05) is 35.4 Å². The number of halogens is 1. The van der Waals surface area contributed by atoms with E-state index in [9.17, 15) is 0 Å². The van der Waals surface area contributed by atoms with Gasteiger partial charge >= 0.3 is 0 Å². The van der Waals surface area contributed by atoms with Crippen molar-refractivity contribution in [2.24, 2.45) is 0 Å². The fourth-order valence-corrected chi connectivity index (χ4v) is 3.53. The molecular weight excluding hydrogens is 320 g/mol. The second-order valence-corrected chi connectivity index (χ2v) is 6.55. The molecule has 0 aliphatic carbocycles. The quantitative estimate of drug-likeness (QED) is 0.709. The minimum absolute atomic E-state index is 0.814. The third-order valence-electron chi connectivity index (χ3n) is 4.54. The summed E-state index contributed by atoms with van der Waals surface area (Å²) in [6, 6.07) is 14.4. The Kier molecular flexibility index (Phi) is 3.98. The Bertz CT molecular complexity index is 872. The van der Waals surface area contributed by atoms with Crippen molar-refractivity contribution in [2.75, 3.05) is 36.0 Å². The van der Waals surface area contributed by atoms with E-state index in [1.165, 1.54) is 5.56 Å². The summed E-state index contributed by atoms with van der Waals surface area (Å²) in [7, 11) is 0. The molecule has 0 N–H and O–H groups in total. The molecule has 0 spiro atoms. The summed E-state index contributed by atoms with van der Waals surface area (Å²) < 4.78 is 0. The van der Waals surface area contributed by atoms with Crippen molar-refractivity contribution >= 4 is 34.0 Å². The molecule has 3 aromatic rings. The first kappa shape index (κ1) is 15.2. The van der Waals surface area contributed by atoms with Crippen LogP contribution in [0.4, 0.5) is 11.5 Å². The molecule has 5 heteroatoms. The molecule has 4 rings (SSSR count). The van der Waals surface area contributed by atoms with E-state index in [1.807, 2.05) is 18.2 Å². The summed E-state index contributed by atoms with van der Waals surface area (Å²) in [6.07, 6.45) is 1.66. The maximum atomic E-state index is 6.33. The molecule has 4 nitrogen and oxygen atoms in total. The molecule has 0 radical (unpaired) electrons. The zero-order chi connectivity index (χ0) is 16.5. The number of hydrogen-bond donors (Lipinski definition) is 0. The minimum atomic E-state index is 0.814. The van der Waals surface area contributed by atoms with E-state index in [0.717, 1.165) is 53.6 Å². The molecule has 1 aliphatic heterocycles. The molecule has 1 aromatic heterocycles. The zero-order valence-corrected chi connectivity index (χ0v) is 14.4. The van der Waals surface area contributed by atoms with Crippen LogP contribution in [0.3, 0.4) is 0 Å². The minimum Gasteiger partial charge on any atom is -0.367 e. The van der Waals surface area contributed by atoms with Gasteiger partial charge in [0, 0.05) is 31.6 Å². The first-order valence-electron chi connectivity index (χ1n) is 8.18. The predicted octanol–water partition coefficient (Wildman–Crippen LogP) is 3.92. The van der Waals surface area contributed by atoms with Gasteiger partial charge in [0.1, 0.15) is 12.1 Å². The van der Waals surface area contributed by atoms with Crippen LogP contribution in [0.1, 0.15) is 5.56 Å². The van der Waals surface area contributed by atoms with Crippen LogP contribution in [0, 0.1) is 6.92 Å². The summed E-state index contributed by atoms with van der Waals surface area (Å²) >= 11 is 6.33. The highest BCUT2D eigenvalue weighted by Crippen LogP contribution is 2.29. The fourth-order valence-electron chi connectivity index (χ4n) is 3.28. The topological polar surface area (TPSA) is 32.3 Å². The number of rotatable bonds is 2. The number of aryl methyl sites for hydroxylation is 1. The largest absolute Gasteiger partial charge is 0.367 e. The average molecular weight is 339 g/mol. The number of hydrogen-bond acceptors (Lipinski definition) is 4. The van der Waals surface area contributed by atoms with Gasteiger partial charge in [-0.2, -0.15) is 0 Å². The number of para-hydroxylation sites is 1. The second kappa shape index (κ2) is 6.29. The zero-order valence-electron chi connectivity index (χ0n) is 13.6. The van der Waals surface area contributed by atoms with Crippen LogP contribution in [0.5, 0.6) is 0 Å². The molecule has 0 saturated carbocycles. The number of fused-ring (bicyclic) bond motifs is 1. The molecule has 2 heterocycles. The number of benzene rings is 2. The van der Waals surface area contributed by atoms with Crippen LogP contribution in [0.25, 0.3) is 10.9 Å². The first-order chi connectivity index (χ1) is 11.7. The number of piperazine rings is 1. The van der Waals surface area contributed by atoms with Gasteiger partial charge in [0.05, 0.1) is 16.2 Å². The van der Waals surface area contributed by atoms with Crippen molar-refractivity contribution in [2.45, 2.75) is 6.92 Å². The van der Waals surface area contributed by atoms with Crippen molar-refractivity contribution < 1.29 is 0 Å². The molecule has 0 bridgehead atoms. The summed E-state index contributed by atoms with van der Waals surface area (Å²) in [5.41, 5.74) is 3.34. The highest BCUT2D eigenvalue weighted by molar-refractivity contribution is 6.33. The van der Waals surface area contributed by atoms with E-state index < -0.39 is 0 Å². The highest BCUT2D eigenvalue weighted by atomic mass is 35.5. The van der Waals surface area contributed by atoms with Gasteiger partial charge < -0.3 is 9.80 Å². The van der Waals surface area contributed by atoms with Crippen molar-refractivity contribution in [1.29, 1.82) is 0 Å². The monoisotopic (exact) mass is 338 g/mol.